The SMILES string of the molecule is CCNC(c1ccc(CC(C)C)cc1)c1cc(C)c(Br)s1. The molecule has 0 spiro atoms. The first kappa shape index (κ1) is 16.7. The van der Waals surface area contributed by atoms with E-state index in [1.54, 1.807) is 0 Å². The largest absolute Gasteiger partial charge is 0.306 e. The molecule has 0 saturated heterocycles. The molecule has 0 radical (unpaired) electrons. The summed E-state index contributed by atoms with van der Waals surface area (Å²) in [5.74, 6) is 0.705. The van der Waals surface area contributed by atoms with E-state index in [9.17, 15) is 0 Å². The van der Waals surface area contributed by atoms with Crippen LogP contribution in [0.3, 0.4) is 0 Å². The van der Waals surface area contributed by atoms with Crippen molar-refractivity contribution in [2.75, 3.05) is 6.54 Å². The van der Waals surface area contributed by atoms with E-state index in [1.807, 2.05) is 11.3 Å². The van der Waals surface area contributed by atoms with Crippen molar-refractivity contribution in [2.45, 2.75) is 40.2 Å². The van der Waals surface area contributed by atoms with Gasteiger partial charge in [0, 0.05) is 4.88 Å². The molecule has 1 heterocycles. The first-order valence-electron chi connectivity index (χ1n) is 7.59. The van der Waals surface area contributed by atoms with Gasteiger partial charge in [0.05, 0.1) is 9.83 Å². The van der Waals surface area contributed by atoms with Crippen molar-refractivity contribution >= 4 is 27.3 Å². The minimum Gasteiger partial charge on any atom is -0.306 e. The molecule has 0 bridgehead atoms. The number of hydrogen-bond donors (Lipinski definition) is 1. The van der Waals surface area contributed by atoms with E-state index in [1.165, 1.54) is 25.4 Å². The molecule has 3 heteroatoms. The molecule has 0 aliphatic rings. The molecule has 0 amide bonds. The number of aryl methyl sites for hydroxylation is 1. The number of benzene rings is 1. The van der Waals surface area contributed by atoms with Crippen LogP contribution in [0.2, 0.25) is 0 Å². The highest BCUT2D eigenvalue weighted by atomic mass is 79.9. The van der Waals surface area contributed by atoms with Gasteiger partial charge in [0.25, 0.3) is 0 Å². The molecule has 1 unspecified atom stereocenters. The molecule has 2 aromatic rings. The molecule has 1 nitrogen and oxygen atoms in total. The fourth-order valence-electron chi connectivity index (χ4n) is 2.53. The van der Waals surface area contributed by atoms with E-state index >= 15 is 0 Å². The van der Waals surface area contributed by atoms with Gasteiger partial charge in [-0.2, -0.15) is 0 Å². The summed E-state index contributed by atoms with van der Waals surface area (Å²) in [6.07, 6.45) is 1.15. The number of thiophene rings is 1. The summed E-state index contributed by atoms with van der Waals surface area (Å²) in [7, 11) is 0. The molecule has 114 valence electrons. The second-order valence-electron chi connectivity index (χ2n) is 5.94. The van der Waals surface area contributed by atoms with E-state index in [0.29, 0.717) is 5.92 Å². The Morgan fingerprint density at radius 2 is 1.86 bits per heavy atom. The van der Waals surface area contributed by atoms with Crippen LogP contribution >= 0.6 is 27.3 Å². The van der Waals surface area contributed by atoms with Crippen LogP contribution in [0.25, 0.3) is 0 Å². The molecule has 21 heavy (non-hydrogen) atoms. The van der Waals surface area contributed by atoms with Crippen molar-refractivity contribution in [2.24, 2.45) is 5.92 Å². The quantitative estimate of drug-likeness (QED) is 0.690. The maximum atomic E-state index is 3.64. The number of nitrogens with one attached hydrogen (secondary N) is 1. The molecule has 1 aromatic heterocycles. The molecule has 1 N–H and O–H groups in total. The predicted octanol–water partition coefficient (Wildman–Crippen LogP) is 5.72. The van der Waals surface area contributed by atoms with Crippen molar-refractivity contribution in [3.05, 3.63) is 55.7 Å². The summed E-state index contributed by atoms with van der Waals surface area (Å²) in [6, 6.07) is 11.7. The molecule has 0 aliphatic carbocycles. The van der Waals surface area contributed by atoms with E-state index < -0.39 is 0 Å². The predicted molar refractivity (Wildman–Crippen MR) is 97.3 cm³/mol. The van der Waals surface area contributed by atoms with E-state index in [2.05, 4.69) is 79.3 Å². The highest BCUT2D eigenvalue weighted by Gasteiger charge is 2.16. The van der Waals surface area contributed by atoms with E-state index in [-0.39, 0.29) is 6.04 Å². The Balaban J connectivity index is 2.25. The summed E-state index contributed by atoms with van der Waals surface area (Å²) in [5.41, 5.74) is 4.08. The maximum absolute atomic E-state index is 3.64. The first-order chi connectivity index (χ1) is 10.0. The van der Waals surface area contributed by atoms with Crippen LogP contribution in [0.1, 0.15) is 48.4 Å². The lowest BCUT2D eigenvalue weighted by Crippen LogP contribution is -2.21. The lowest BCUT2D eigenvalue weighted by molar-refractivity contribution is 0.634. The minimum atomic E-state index is 0.290. The van der Waals surface area contributed by atoms with Gasteiger partial charge in [0.1, 0.15) is 0 Å². The third-order valence-corrected chi connectivity index (χ3v) is 5.73. The smallest absolute Gasteiger partial charge is 0.0731 e. The lowest BCUT2D eigenvalue weighted by atomic mass is 9.98. The number of hydrogen-bond acceptors (Lipinski definition) is 2. The topological polar surface area (TPSA) is 12.0 Å². The fourth-order valence-corrected chi connectivity index (χ4v) is 4.21. The third-order valence-electron chi connectivity index (χ3n) is 3.53. The van der Waals surface area contributed by atoms with Gasteiger partial charge in [-0.25, -0.2) is 0 Å². The number of halogens is 1. The van der Waals surface area contributed by atoms with E-state index in [4.69, 9.17) is 0 Å². The summed E-state index contributed by atoms with van der Waals surface area (Å²) in [6.45, 7) is 9.81. The Morgan fingerprint density at radius 3 is 2.33 bits per heavy atom. The molecule has 1 aromatic carbocycles. The Hall–Kier alpha value is -0.640. The second kappa shape index (κ2) is 7.57. The van der Waals surface area contributed by atoms with Crippen molar-refractivity contribution in [1.29, 1.82) is 0 Å². The van der Waals surface area contributed by atoms with Gasteiger partial charge in [0.2, 0.25) is 0 Å². The summed E-state index contributed by atoms with van der Waals surface area (Å²) < 4.78 is 1.23. The molecule has 0 aliphatic heterocycles. The van der Waals surface area contributed by atoms with E-state index in [0.717, 1.165) is 13.0 Å². The van der Waals surface area contributed by atoms with Gasteiger partial charge in [-0.1, -0.05) is 45.0 Å². The molecule has 0 fully saturated rings. The minimum absolute atomic E-state index is 0.290. The standard InChI is InChI=1S/C18H24BrNS/c1-5-20-17(16-11-13(4)18(19)21-16)15-8-6-14(7-9-15)10-12(2)3/h6-9,11-12,17,20H,5,10H2,1-4H3. The Labute approximate surface area is 140 Å². The Kier molecular flexibility index (Phi) is 6.03. The average molecular weight is 366 g/mol. The first-order valence-corrected chi connectivity index (χ1v) is 9.20. The van der Waals surface area contributed by atoms with Gasteiger partial charge < -0.3 is 5.32 Å². The van der Waals surface area contributed by atoms with Gasteiger partial charge >= 0.3 is 0 Å². The molecule has 2 rings (SSSR count). The van der Waals surface area contributed by atoms with Crippen LogP contribution in [-0.2, 0) is 6.42 Å². The second-order valence-corrected chi connectivity index (χ2v) is 8.34. The van der Waals surface area contributed by atoms with Gasteiger partial charge in [-0.15, -0.1) is 11.3 Å². The summed E-state index contributed by atoms with van der Waals surface area (Å²) in [4.78, 5) is 1.37. The zero-order valence-electron chi connectivity index (χ0n) is 13.2. The van der Waals surface area contributed by atoms with Crippen molar-refractivity contribution in [1.82, 2.24) is 5.32 Å². The van der Waals surface area contributed by atoms with Crippen LogP contribution in [0, 0.1) is 12.8 Å². The van der Waals surface area contributed by atoms with Crippen molar-refractivity contribution < 1.29 is 0 Å². The highest BCUT2D eigenvalue weighted by molar-refractivity contribution is 9.11. The van der Waals surface area contributed by atoms with Crippen molar-refractivity contribution in [3.63, 3.8) is 0 Å². The normalized spacial score (nSPS) is 12.9. The monoisotopic (exact) mass is 365 g/mol. The van der Waals surface area contributed by atoms with Crippen LogP contribution < -0.4 is 5.32 Å². The average Bonchev–Trinajstić information content (AvgIpc) is 2.76. The van der Waals surface area contributed by atoms with Crippen molar-refractivity contribution in [3.8, 4) is 0 Å². The third kappa shape index (κ3) is 4.41. The van der Waals surface area contributed by atoms with Crippen LogP contribution in [0.15, 0.2) is 34.1 Å². The van der Waals surface area contributed by atoms with Crippen LogP contribution in [0.5, 0.6) is 0 Å². The lowest BCUT2D eigenvalue weighted by Gasteiger charge is -2.17. The highest BCUT2D eigenvalue weighted by Crippen LogP contribution is 2.34. The molecular formula is C18H24BrNS. The summed E-state index contributed by atoms with van der Waals surface area (Å²) in [5, 5.41) is 3.61. The zero-order chi connectivity index (χ0) is 15.4. The zero-order valence-corrected chi connectivity index (χ0v) is 15.6. The number of rotatable bonds is 6. The van der Waals surface area contributed by atoms with Crippen LogP contribution in [0.4, 0.5) is 0 Å². The van der Waals surface area contributed by atoms with Crippen LogP contribution in [-0.4, -0.2) is 6.54 Å². The molecular weight excluding hydrogens is 342 g/mol. The van der Waals surface area contributed by atoms with Gasteiger partial charge in [-0.05, 0) is 64.5 Å². The fraction of sp³-hybridized carbons (Fsp3) is 0.444. The maximum Gasteiger partial charge on any atom is 0.0731 e. The molecule has 0 saturated carbocycles. The Bertz CT molecular complexity index is 552. The Morgan fingerprint density at radius 1 is 1.19 bits per heavy atom. The van der Waals surface area contributed by atoms with Gasteiger partial charge in [0.15, 0.2) is 0 Å². The van der Waals surface area contributed by atoms with Gasteiger partial charge in [-0.3, -0.25) is 0 Å². The summed E-state index contributed by atoms with van der Waals surface area (Å²) >= 11 is 5.46. The molecule has 1 atom stereocenters.